The number of hydrogen-bond acceptors (Lipinski definition) is 5. The van der Waals surface area contributed by atoms with Crippen molar-refractivity contribution >= 4 is 22.1 Å². The first-order valence-corrected chi connectivity index (χ1v) is 7.56. The molecule has 0 unspecified atom stereocenters. The van der Waals surface area contributed by atoms with Gasteiger partial charge in [0.2, 0.25) is 5.89 Å². The van der Waals surface area contributed by atoms with Crippen LogP contribution in [0, 0.1) is 0 Å². The minimum atomic E-state index is -0.533. The zero-order chi connectivity index (χ0) is 17.9. The molecule has 4 rings (SSSR count). The summed E-state index contributed by atoms with van der Waals surface area (Å²) in [6.45, 7) is 0. The third-order valence-electron chi connectivity index (χ3n) is 4.33. The van der Waals surface area contributed by atoms with E-state index in [9.17, 15) is 14.4 Å². The van der Waals surface area contributed by atoms with Crippen LogP contribution < -0.4 is 16.8 Å². The van der Waals surface area contributed by atoms with Gasteiger partial charge in [-0.25, -0.2) is 9.78 Å². The highest BCUT2D eigenvalue weighted by Gasteiger charge is 2.22. The van der Waals surface area contributed by atoms with E-state index in [0.717, 1.165) is 4.57 Å². The van der Waals surface area contributed by atoms with Crippen LogP contribution in [-0.2, 0) is 21.1 Å². The van der Waals surface area contributed by atoms with E-state index in [1.165, 1.54) is 30.3 Å². The molecule has 8 nitrogen and oxygen atoms in total. The summed E-state index contributed by atoms with van der Waals surface area (Å²) in [5, 5.41) is 0.149. The second-order valence-electron chi connectivity index (χ2n) is 5.83. The molecular weight excluding hydrogens is 324 g/mol. The van der Waals surface area contributed by atoms with Crippen LogP contribution in [0.15, 0.2) is 49.1 Å². The Kier molecular flexibility index (Phi) is 3.05. The van der Waals surface area contributed by atoms with E-state index in [-0.39, 0.29) is 28.0 Å². The molecule has 0 aliphatic heterocycles. The van der Waals surface area contributed by atoms with Gasteiger partial charge < -0.3 is 4.42 Å². The fourth-order valence-electron chi connectivity index (χ4n) is 3.02. The predicted molar refractivity (Wildman–Crippen MR) is 92.7 cm³/mol. The normalized spacial score (nSPS) is 11.5. The summed E-state index contributed by atoms with van der Waals surface area (Å²) < 4.78 is 9.26. The first-order chi connectivity index (χ1) is 11.9. The van der Waals surface area contributed by atoms with E-state index >= 15 is 0 Å². The number of hydrogen-bond donors (Lipinski definition) is 0. The molecule has 0 radical (unpaired) electrons. The van der Waals surface area contributed by atoms with Gasteiger partial charge in [0.15, 0.2) is 11.1 Å². The van der Waals surface area contributed by atoms with Crippen LogP contribution in [0.4, 0.5) is 0 Å². The highest BCUT2D eigenvalue weighted by Crippen LogP contribution is 2.25. The molecule has 0 spiro atoms. The summed E-state index contributed by atoms with van der Waals surface area (Å²) in [4.78, 5) is 41.8. The lowest BCUT2D eigenvalue weighted by Gasteiger charge is -2.10. The predicted octanol–water partition coefficient (Wildman–Crippen LogP) is 0.744. The maximum Gasteiger partial charge on any atom is 0.332 e. The van der Waals surface area contributed by atoms with Crippen LogP contribution in [0.2, 0.25) is 0 Å². The molecule has 126 valence electrons. The maximum atomic E-state index is 12.7. The van der Waals surface area contributed by atoms with Crippen molar-refractivity contribution in [1.82, 2.24) is 18.7 Å². The fraction of sp³-hybridized carbons (Fsp3) is 0.176. The van der Waals surface area contributed by atoms with Crippen molar-refractivity contribution in [2.24, 2.45) is 21.1 Å². The van der Waals surface area contributed by atoms with Crippen molar-refractivity contribution < 1.29 is 4.42 Å². The van der Waals surface area contributed by atoms with Gasteiger partial charge in [-0.2, -0.15) is 0 Å². The van der Waals surface area contributed by atoms with Crippen molar-refractivity contribution in [2.45, 2.75) is 0 Å². The van der Waals surface area contributed by atoms with E-state index < -0.39 is 16.8 Å². The summed E-state index contributed by atoms with van der Waals surface area (Å²) >= 11 is 0. The minimum absolute atomic E-state index is 0.0598. The molecule has 0 aliphatic rings. The van der Waals surface area contributed by atoms with E-state index in [1.807, 2.05) is 18.2 Å². The topological polar surface area (TPSA) is 92.0 Å². The SMILES string of the molecule is Cn1c(=O)c2c3oc(-c4ccccc4)nc3c(=O)n(C)c2n(C)c1=O. The number of benzene rings is 1. The van der Waals surface area contributed by atoms with Crippen LogP contribution in [0.1, 0.15) is 0 Å². The summed E-state index contributed by atoms with van der Waals surface area (Å²) in [7, 11) is 4.39. The van der Waals surface area contributed by atoms with Crippen LogP contribution in [-0.4, -0.2) is 18.7 Å². The number of aromatic nitrogens is 4. The van der Waals surface area contributed by atoms with Crippen LogP contribution >= 0.6 is 0 Å². The average Bonchev–Trinajstić information content (AvgIpc) is 3.07. The molecule has 0 amide bonds. The van der Waals surface area contributed by atoms with E-state index in [1.54, 1.807) is 12.1 Å². The summed E-state index contributed by atoms with van der Waals surface area (Å²) in [5.74, 6) is 0.246. The molecular formula is C17H14N4O4. The van der Waals surface area contributed by atoms with Gasteiger partial charge in [0, 0.05) is 26.7 Å². The minimum Gasteiger partial charge on any atom is -0.435 e. The molecule has 3 heterocycles. The smallest absolute Gasteiger partial charge is 0.332 e. The first-order valence-electron chi connectivity index (χ1n) is 7.56. The average molecular weight is 338 g/mol. The molecule has 1 aromatic carbocycles. The monoisotopic (exact) mass is 338 g/mol. The maximum absolute atomic E-state index is 12.7. The van der Waals surface area contributed by atoms with Gasteiger partial charge in [0.25, 0.3) is 11.1 Å². The summed E-state index contributed by atoms with van der Waals surface area (Å²) in [6.07, 6.45) is 0. The second kappa shape index (κ2) is 5.04. The van der Waals surface area contributed by atoms with Gasteiger partial charge in [-0.15, -0.1) is 0 Å². The fourth-order valence-corrected chi connectivity index (χ4v) is 3.02. The Hall–Kier alpha value is -3.42. The number of fused-ring (bicyclic) bond motifs is 3. The molecule has 0 saturated heterocycles. The highest BCUT2D eigenvalue weighted by atomic mass is 16.3. The summed E-state index contributed by atoms with van der Waals surface area (Å²) in [6, 6.07) is 9.09. The van der Waals surface area contributed by atoms with Gasteiger partial charge in [-0.1, -0.05) is 18.2 Å². The third-order valence-corrected chi connectivity index (χ3v) is 4.33. The van der Waals surface area contributed by atoms with Gasteiger partial charge in [0.05, 0.1) is 0 Å². The number of oxazole rings is 1. The molecule has 0 fully saturated rings. The van der Waals surface area contributed by atoms with Crippen molar-refractivity contribution in [3.63, 3.8) is 0 Å². The van der Waals surface area contributed by atoms with E-state index in [2.05, 4.69) is 4.98 Å². The molecule has 8 heteroatoms. The van der Waals surface area contributed by atoms with Crippen molar-refractivity contribution in [3.8, 4) is 11.5 Å². The van der Waals surface area contributed by atoms with Gasteiger partial charge in [-0.05, 0) is 12.1 Å². The zero-order valence-corrected chi connectivity index (χ0v) is 13.8. The van der Waals surface area contributed by atoms with E-state index in [4.69, 9.17) is 4.42 Å². The Morgan fingerprint density at radius 3 is 2.24 bits per heavy atom. The number of aryl methyl sites for hydroxylation is 2. The van der Waals surface area contributed by atoms with Crippen molar-refractivity contribution in [2.75, 3.05) is 0 Å². The first kappa shape index (κ1) is 15.1. The van der Waals surface area contributed by atoms with Crippen LogP contribution in [0.3, 0.4) is 0 Å². The molecule has 0 atom stereocenters. The Morgan fingerprint density at radius 1 is 0.880 bits per heavy atom. The zero-order valence-electron chi connectivity index (χ0n) is 13.8. The van der Waals surface area contributed by atoms with Gasteiger partial charge in [0.1, 0.15) is 11.0 Å². The molecule has 4 aromatic rings. The van der Waals surface area contributed by atoms with Gasteiger partial charge in [-0.3, -0.25) is 23.3 Å². The molecule has 0 N–H and O–H groups in total. The molecule has 0 bridgehead atoms. The number of pyridine rings is 1. The number of rotatable bonds is 1. The Labute approximate surface area is 140 Å². The number of nitrogens with zero attached hydrogens (tertiary/aromatic N) is 4. The van der Waals surface area contributed by atoms with Crippen molar-refractivity contribution in [3.05, 3.63) is 61.5 Å². The Morgan fingerprint density at radius 2 is 1.56 bits per heavy atom. The second-order valence-corrected chi connectivity index (χ2v) is 5.83. The summed E-state index contributed by atoms with van der Waals surface area (Å²) in [5.41, 5.74) is -0.449. The molecule has 25 heavy (non-hydrogen) atoms. The van der Waals surface area contributed by atoms with Crippen LogP contribution in [0.25, 0.3) is 33.6 Å². The Balaban J connectivity index is 2.29. The lowest BCUT2D eigenvalue weighted by Crippen LogP contribution is -2.39. The standard InChI is InChI=1S/C17H14N4O4/c1-19-14-10(15(22)21(3)17(24)20(14)2)12-11(16(19)23)18-13(25-12)9-7-5-4-6-8-9/h4-8H,1-3H3. The quantitative estimate of drug-likeness (QED) is 0.510. The largest absolute Gasteiger partial charge is 0.435 e. The van der Waals surface area contributed by atoms with Crippen LogP contribution in [0.5, 0.6) is 0 Å². The van der Waals surface area contributed by atoms with E-state index in [0.29, 0.717) is 5.56 Å². The third kappa shape index (κ3) is 1.94. The lowest BCUT2D eigenvalue weighted by molar-refractivity contribution is 0.619. The highest BCUT2D eigenvalue weighted by molar-refractivity contribution is 5.99. The lowest BCUT2D eigenvalue weighted by atomic mass is 10.2. The van der Waals surface area contributed by atoms with Gasteiger partial charge >= 0.3 is 5.69 Å². The molecule has 0 saturated carbocycles. The molecule has 3 aromatic heterocycles. The Bertz CT molecular complexity index is 1320. The van der Waals surface area contributed by atoms with Crippen molar-refractivity contribution in [1.29, 1.82) is 0 Å². The molecule has 0 aliphatic carbocycles.